The van der Waals surface area contributed by atoms with Crippen LogP contribution in [0.3, 0.4) is 0 Å². The summed E-state index contributed by atoms with van der Waals surface area (Å²) in [4.78, 5) is 0. The fourth-order valence-electron chi connectivity index (χ4n) is 1.11. The molecule has 0 amide bonds. The molecular formula is C9H7BrFN3S. The third-order valence-corrected chi connectivity index (χ3v) is 3.41. The number of nitrogens with zero attached hydrogens (tertiary/aromatic N) is 2. The van der Waals surface area contributed by atoms with Gasteiger partial charge in [0, 0.05) is 12.1 Å². The van der Waals surface area contributed by atoms with E-state index in [1.165, 1.54) is 11.3 Å². The highest BCUT2D eigenvalue weighted by atomic mass is 79.9. The Morgan fingerprint density at radius 3 is 2.87 bits per heavy atom. The van der Waals surface area contributed by atoms with Crippen molar-refractivity contribution in [2.45, 2.75) is 6.54 Å². The van der Waals surface area contributed by atoms with E-state index in [9.17, 15) is 4.39 Å². The molecule has 0 bridgehead atoms. The quantitative estimate of drug-likeness (QED) is 0.924. The largest absolute Gasteiger partial charge is 0.324 e. The van der Waals surface area contributed by atoms with Crippen molar-refractivity contribution in [1.82, 2.24) is 10.2 Å². The molecule has 0 saturated carbocycles. The smallest absolute Gasteiger partial charge is 0.150 e. The van der Waals surface area contributed by atoms with Crippen LogP contribution >= 0.6 is 27.3 Å². The van der Waals surface area contributed by atoms with Gasteiger partial charge in [-0.2, -0.15) is 0 Å². The zero-order valence-corrected chi connectivity index (χ0v) is 9.98. The van der Waals surface area contributed by atoms with E-state index in [-0.39, 0.29) is 5.82 Å². The summed E-state index contributed by atoms with van der Waals surface area (Å²) in [5.74, 6) is -0.322. The highest BCUT2D eigenvalue weighted by Gasteiger charge is 2.12. The molecular weight excluding hydrogens is 281 g/mol. The Morgan fingerprint density at radius 1 is 1.40 bits per heavy atom. The van der Waals surface area contributed by atoms with Gasteiger partial charge in [-0.3, -0.25) is 0 Å². The Kier molecular flexibility index (Phi) is 3.08. The standard InChI is InChI=1S/C9H7BrFN3S/c10-6-3-1-2-5(8(6)11)9-14-13-7(4-12)15-9/h1-3H,4,12H2. The van der Waals surface area contributed by atoms with Crippen molar-refractivity contribution < 1.29 is 4.39 Å². The van der Waals surface area contributed by atoms with Crippen LogP contribution < -0.4 is 5.73 Å². The second-order valence-corrected chi connectivity index (χ2v) is 4.72. The molecule has 0 aliphatic carbocycles. The van der Waals surface area contributed by atoms with Crippen LogP contribution in [0, 0.1) is 5.82 Å². The summed E-state index contributed by atoms with van der Waals surface area (Å²) in [6, 6.07) is 5.07. The Hall–Kier alpha value is -0.850. The van der Waals surface area contributed by atoms with Gasteiger partial charge >= 0.3 is 0 Å². The zero-order chi connectivity index (χ0) is 10.8. The molecule has 2 rings (SSSR count). The van der Waals surface area contributed by atoms with E-state index in [2.05, 4.69) is 26.1 Å². The van der Waals surface area contributed by atoms with Crippen molar-refractivity contribution in [3.63, 3.8) is 0 Å². The second-order valence-electron chi connectivity index (χ2n) is 2.81. The first-order valence-electron chi connectivity index (χ1n) is 4.19. The predicted octanol–water partition coefficient (Wildman–Crippen LogP) is 2.57. The Balaban J connectivity index is 2.49. The van der Waals surface area contributed by atoms with Gasteiger partial charge in [0.2, 0.25) is 0 Å². The number of rotatable bonds is 2. The Labute approximate surface area is 98.3 Å². The molecule has 0 saturated heterocycles. The highest BCUT2D eigenvalue weighted by Crippen LogP contribution is 2.29. The van der Waals surface area contributed by atoms with Crippen molar-refractivity contribution in [3.8, 4) is 10.6 Å². The van der Waals surface area contributed by atoms with Gasteiger partial charge in [-0.25, -0.2) is 4.39 Å². The lowest BCUT2D eigenvalue weighted by Crippen LogP contribution is -1.94. The Bertz CT molecular complexity index is 486. The minimum atomic E-state index is -0.322. The first-order valence-corrected chi connectivity index (χ1v) is 5.80. The van der Waals surface area contributed by atoms with E-state index >= 15 is 0 Å². The van der Waals surface area contributed by atoms with Gasteiger partial charge in [0.05, 0.1) is 4.47 Å². The molecule has 15 heavy (non-hydrogen) atoms. The van der Waals surface area contributed by atoms with Crippen molar-refractivity contribution in [2.75, 3.05) is 0 Å². The maximum Gasteiger partial charge on any atom is 0.150 e. The highest BCUT2D eigenvalue weighted by molar-refractivity contribution is 9.10. The van der Waals surface area contributed by atoms with Crippen LogP contribution in [0.5, 0.6) is 0 Å². The summed E-state index contributed by atoms with van der Waals surface area (Å²) in [5.41, 5.74) is 5.86. The van der Waals surface area contributed by atoms with Gasteiger partial charge in [-0.05, 0) is 28.1 Å². The minimum absolute atomic E-state index is 0.322. The van der Waals surface area contributed by atoms with E-state index < -0.39 is 0 Å². The van der Waals surface area contributed by atoms with E-state index in [1.807, 2.05) is 0 Å². The van der Waals surface area contributed by atoms with Crippen LogP contribution in [-0.4, -0.2) is 10.2 Å². The fraction of sp³-hybridized carbons (Fsp3) is 0.111. The zero-order valence-electron chi connectivity index (χ0n) is 7.58. The van der Waals surface area contributed by atoms with Gasteiger partial charge in [-0.1, -0.05) is 17.4 Å². The van der Waals surface area contributed by atoms with Crippen LogP contribution in [-0.2, 0) is 6.54 Å². The Morgan fingerprint density at radius 2 is 2.20 bits per heavy atom. The number of hydrogen-bond acceptors (Lipinski definition) is 4. The molecule has 0 atom stereocenters. The van der Waals surface area contributed by atoms with Gasteiger partial charge < -0.3 is 5.73 Å². The summed E-state index contributed by atoms with van der Waals surface area (Å²) in [6.45, 7) is 0.327. The molecule has 0 aliphatic rings. The second kappa shape index (κ2) is 4.34. The van der Waals surface area contributed by atoms with Crippen molar-refractivity contribution in [3.05, 3.63) is 33.5 Å². The summed E-state index contributed by atoms with van der Waals surface area (Å²) < 4.78 is 14.1. The minimum Gasteiger partial charge on any atom is -0.324 e. The number of hydrogen-bond donors (Lipinski definition) is 1. The first-order chi connectivity index (χ1) is 7.22. The monoisotopic (exact) mass is 287 g/mol. The number of aromatic nitrogens is 2. The molecule has 0 spiro atoms. The van der Waals surface area contributed by atoms with Gasteiger partial charge in [0.25, 0.3) is 0 Å². The van der Waals surface area contributed by atoms with E-state index in [0.29, 0.717) is 26.6 Å². The molecule has 0 radical (unpaired) electrons. The molecule has 1 aromatic carbocycles. The molecule has 3 nitrogen and oxygen atoms in total. The fourth-order valence-corrected chi connectivity index (χ4v) is 2.22. The molecule has 6 heteroatoms. The lowest BCUT2D eigenvalue weighted by atomic mass is 10.2. The van der Waals surface area contributed by atoms with E-state index in [4.69, 9.17) is 5.73 Å². The maximum atomic E-state index is 13.7. The molecule has 1 aromatic heterocycles. The summed E-state index contributed by atoms with van der Waals surface area (Å²) in [7, 11) is 0. The van der Waals surface area contributed by atoms with Crippen molar-refractivity contribution >= 4 is 27.3 Å². The first kappa shape index (κ1) is 10.7. The van der Waals surface area contributed by atoms with Crippen LogP contribution in [0.1, 0.15) is 5.01 Å². The third-order valence-electron chi connectivity index (χ3n) is 1.82. The molecule has 2 aromatic rings. The van der Waals surface area contributed by atoms with Crippen LogP contribution in [0.2, 0.25) is 0 Å². The molecule has 0 fully saturated rings. The summed E-state index contributed by atoms with van der Waals surface area (Å²) in [6.07, 6.45) is 0. The molecule has 0 aliphatic heterocycles. The molecule has 2 N–H and O–H groups in total. The van der Waals surface area contributed by atoms with E-state index in [1.54, 1.807) is 18.2 Å². The molecule has 0 unspecified atom stereocenters. The topological polar surface area (TPSA) is 51.8 Å². The normalized spacial score (nSPS) is 10.6. The number of benzene rings is 1. The molecule has 78 valence electrons. The van der Waals surface area contributed by atoms with Crippen LogP contribution in [0.25, 0.3) is 10.6 Å². The summed E-state index contributed by atoms with van der Waals surface area (Å²) in [5, 5.41) is 8.98. The lowest BCUT2D eigenvalue weighted by Gasteiger charge is -1.99. The van der Waals surface area contributed by atoms with E-state index in [0.717, 1.165) is 0 Å². The van der Waals surface area contributed by atoms with Gasteiger partial charge in [0.15, 0.2) is 5.01 Å². The average molecular weight is 288 g/mol. The number of halogens is 2. The van der Waals surface area contributed by atoms with Gasteiger partial charge in [-0.15, -0.1) is 10.2 Å². The third kappa shape index (κ3) is 2.06. The van der Waals surface area contributed by atoms with Gasteiger partial charge in [0.1, 0.15) is 10.8 Å². The summed E-state index contributed by atoms with van der Waals surface area (Å²) >= 11 is 4.42. The molecule has 1 heterocycles. The van der Waals surface area contributed by atoms with Crippen LogP contribution in [0.15, 0.2) is 22.7 Å². The maximum absolute atomic E-state index is 13.7. The van der Waals surface area contributed by atoms with Crippen molar-refractivity contribution in [1.29, 1.82) is 0 Å². The van der Waals surface area contributed by atoms with Crippen LogP contribution in [0.4, 0.5) is 4.39 Å². The predicted molar refractivity (Wildman–Crippen MR) is 60.9 cm³/mol. The number of nitrogens with two attached hydrogens (primary N) is 1. The SMILES string of the molecule is NCc1nnc(-c2cccc(Br)c2F)s1. The van der Waals surface area contributed by atoms with Crippen molar-refractivity contribution in [2.24, 2.45) is 5.73 Å². The average Bonchev–Trinajstić information content (AvgIpc) is 2.70. The lowest BCUT2D eigenvalue weighted by molar-refractivity contribution is 0.624.